The number of para-hydroxylation sites is 4. The van der Waals surface area contributed by atoms with E-state index in [4.69, 9.17) is 9.97 Å². The van der Waals surface area contributed by atoms with Crippen LogP contribution in [0.2, 0.25) is 0 Å². The van der Waals surface area contributed by atoms with Gasteiger partial charge in [-0.25, -0.2) is 9.97 Å². The quantitative estimate of drug-likeness (QED) is 0.194. The van der Waals surface area contributed by atoms with Gasteiger partial charge in [0, 0.05) is 41.7 Å². The Morgan fingerprint density at radius 1 is 0.447 bits per heavy atom. The first kappa shape index (κ1) is 25.2. The molecule has 0 spiro atoms. The molecular weight excluding hydrogens is 593 g/mol. The Morgan fingerprint density at radius 2 is 1.11 bits per heavy atom. The van der Waals surface area contributed by atoms with Crippen molar-refractivity contribution in [2.45, 2.75) is 0 Å². The molecule has 0 aliphatic heterocycles. The normalized spacial score (nSPS) is 12.3. The molecule has 7 aromatic carbocycles. The molecule has 0 radical (unpaired) electrons. The van der Waals surface area contributed by atoms with E-state index < -0.39 is 0 Å². The van der Waals surface area contributed by atoms with Gasteiger partial charge in [-0.2, -0.15) is 0 Å². The second kappa shape index (κ2) is 9.25. The monoisotopic (exact) mass is 616 g/mol. The van der Waals surface area contributed by atoms with E-state index in [0.29, 0.717) is 0 Å². The third-order valence-electron chi connectivity index (χ3n) is 9.69. The number of benzene rings is 7. The Morgan fingerprint density at radius 3 is 1.98 bits per heavy atom. The zero-order chi connectivity index (χ0) is 30.6. The fourth-order valence-corrected chi connectivity index (χ4v) is 8.79. The van der Waals surface area contributed by atoms with E-state index >= 15 is 0 Å². The predicted octanol–water partition coefficient (Wildman–Crippen LogP) is 11.3. The number of rotatable bonds is 2. The van der Waals surface area contributed by atoms with Crippen LogP contribution in [0.3, 0.4) is 0 Å². The number of hydrogen-bond donors (Lipinski definition) is 0. The van der Waals surface area contributed by atoms with Gasteiger partial charge < -0.3 is 0 Å². The van der Waals surface area contributed by atoms with E-state index in [1.54, 1.807) is 0 Å². The van der Waals surface area contributed by atoms with Crippen LogP contribution in [0.1, 0.15) is 0 Å². The third-order valence-corrected chi connectivity index (χ3v) is 10.8. The molecule has 0 saturated heterocycles. The molecule has 11 rings (SSSR count). The van der Waals surface area contributed by atoms with Crippen molar-refractivity contribution in [1.82, 2.24) is 18.9 Å². The first-order valence-corrected chi connectivity index (χ1v) is 16.7. The molecule has 4 nitrogen and oxygen atoms in total. The van der Waals surface area contributed by atoms with E-state index in [1.165, 1.54) is 52.8 Å². The van der Waals surface area contributed by atoms with E-state index in [9.17, 15) is 0 Å². The van der Waals surface area contributed by atoms with E-state index in [2.05, 4.69) is 155 Å². The fourth-order valence-electron chi connectivity index (χ4n) is 7.64. The van der Waals surface area contributed by atoms with E-state index in [1.807, 2.05) is 11.3 Å². The van der Waals surface area contributed by atoms with Gasteiger partial charge >= 0.3 is 0 Å². The number of hydrogen-bond acceptors (Lipinski definition) is 3. The maximum atomic E-state index is 5.40. The summed E-state index contributed by atoms with van der Waals surface area (Å²) in [4.78, 5) is 10.5. The smallest absolute Gasteiger partial charge is 0.221 e. The van der Waals surface area contributed by atoms with E-state index in [0.717, 1.165) is 44.6 Å². The lowest BCUT2D eigenvalue weighted by Crippen LogP contribution is -2.06. The Bertz CT molecular complexity index is 3090. The molecule has 0 saturated carbocycles. The van der Waals surface area contributed by atoms with Crippen LogP contribution in [-0.4, -0.2) is 18.9 Å². The van der Waals surface area contributed by atoms with Crippen molar-refractivity contribution in [3.8, 4) is 17.1 Å². The first-order valence-electron chi connectivity index (χ1n) is 15.8. The summed E-state index contributed by atoms with van der Waals surface area (Å²) in [6.07, 6.45) is 0. The van der Waals surface area contributed by atoms with Crippen LogP contribution in [0.5, 0.6) is 0 Å². The van der Waals surface area contributed by atoms with Crippen LogP contribution in [0.4, 0.5) is 0 Å². The van der Waals surface area contributed by atoms with Gasteiger partial charge in [0.25, 0.3) is 0 Å². The highest BCUT2D eigenvalue weighted by Gasteiger charge is 2.22. The number of aromatic nitrogens is 4. The number of thiophene rings is 1. The largest absolute Gasteiger partial charge is 0.278 e. The summed E-state index contributed by atoms with van der Waals surface area (Å²) in [6, 6.07) is 52.3. The van der Waals surface area contributed by atoms with Crippen LogP contribution in [-0.2, 0) is 0 Å². The SMILES string of the molecule is c1ccc2c(c1)nc(-n1c3ccccc3c3cc(-c4ccc5c(c4)sc4ccccc45)c4ccccc4c31)n1c3ccccc3nc21. The topological polar surface area (TPSA) is 35.1 Å². The summed E-state index contributed by atoms with van der Waals surface area (Å²) in [6.45, 7) is 0. The minimum Gasteiger partial charge on any atom is -0.278 e. The van der Waals surface area contributed by atoms with Crippen LogP contribution in [0.15, 0.2) is 146 Å². The molecule has 218 valence electrons. The fraction of sp³-hybridized carbons (Fsp3) is 0. The Balaban J connectivity index is 1.30. The van der Waals surface area contributed by atoms with Gasteiger partial charge in [0.2, 0.25) is 5.95 Å². The molecule has 0 amide bonds. The van der Waals surface area contributed by atoms with E-state index in [-0.39, 0.29) is 0 Å². The van der Waals surface area contributed by atoms with Crippen LogP contribution < -0.4 is 0 Å². The van der Waals surface area contributed by atoms with Gasteiger partial charge in [0.05, 0.1) is 27.6 Å². The third kappa shape index (κ3) is 3.41. The summed E-state index contributed by atoms with van der Waals surface area (Å²) in [7, 11) is 0. The molecule has 4 aromatic heterocycles. The van der Waals surface area contributed by atoms with Crippen molar-refractivity contribution < 1.29 is 0 Å². The highest BCUT2D eigenvalue weighted by Crippen LogP contribution is 2.43. The second-order valence-electron chi connectivity index (χ2n) is 12.2. The van der Waals surface area contributed by atoms with Crippen molar-refractivity contribution in [2.24, 2.45) is 0 Å². The summed E-state index contributed by atoms with van der Waals surface area (Å²) in [5.74, 6) is 0.836. The highest BCUT2D eigenvalue weighted by molar-refractivity contribution is 7.25. The summed E-state index contributed by atoms with van der Waals surface area (Å²) < 4.78 is 7.23. The number of nitrogens with zero attached hydrogens (tertiary/aromatic N) is 4. The molecule has 4 heterocycles. The van der Waals surface area contributed by atoms with Crippen molar-refractivity contribution in [3.63, 3.8) is 0 Å². The lowest BCUT2D eigenvalue weighted by atomic mass is 9.94. The van der Waals surface area contributed by atoms with Crippen molar-refractivity contribution in [1.29, 1.82) is 0 Å². The van der Waals surface area contributed by atoms with Gasteiger partial charge in [-0.3, -0.25) is 8.97 Å². The summed E-state index contributed by atoms with van der Waals surface area (Å²) in [5, 5.41) is 8.50. The zero-order valence-electron chi connectivity index (χ0n) is 25.1. The van der Waals surface area contributed by atoms with Crippen LogP contribution in [0, 0.1) is 0 Å². The van der Waals surface area contributed by atoms with Gasteiger partial charge in [0.15, 0.2) is 0 Å². The maximum Gasteiger partial charge on any atom is 0.221 e. The van der Waals surface area contributed by atoms with Crippen LogP contribution in [0.25, 0.3) is 97.4 Å². The molecule has 0 aliphatic rings. The first-order chi connectivity index (χ1) is 23.3. The lowest BCUT2D eigenvalue weighted by molar-refractivity contribution is 0.982. The molecule has 0 unspecified atom stereocenters. The minimum absolute atomic E-state index is 0.836. The van der Waals surface area contributed by atoms with Gasteiger partial charge in [-0.1, -0.05) is 97.1 Å². The molecule has 11 aromatic rings. The van der Waals surface area contributed by atoms with Crippen LogP contribution >= 0.6 is 11.3 Å². The molecule has 0 bridgehead atoms. The molecular formula is C42H24N4S. The zero-order valence-corrected chi connectivity index (χ0v) is 25.9. The average molecular weight is 617 g/mol. The highest BCUT2D eigenvalue weighted by atomic mass is 32.1. The number of imidazole rings is 1. The maximum absolute atomic E-state index is 5.40. The standard InChI is InChI=1S/C42H24N4S/c1-2-14-30-26(11-1)32(25-21-22-29-28-13-5-10-20-38(28)47-39(29)23-25)24-33-27-12-4-8-18-36(27)45(40(30)33)42-44-34-16-6-3-15-31(34)41-43-35-17-7-9-19-37(35)46(41)42/h1-24H. The minimum atomic E-state index is 0.836. The Labute approximate surface area is 272 Å². The Hall–Kier alpha value is -6.04. The van der Waals surface area contributed by atoms with Gasteiger partial charge in [0.1, 0.15) is 5.65 Å². The van der Waals surface area contributed by atoms with Crippen molar-refractivity contribution in [3.05, 3.63) is 146 Å². The predicted molar refractivity (Wildman–Crippen MR) is 198 cm³/mol. The summed E-state index contributed by atoms with van der Waals surface area (Å²) >= 11 is 1.87. The molecule has 0 atom stereocenters. The Kier molecular flexibility index (Phi) is 4.96. The molecule has 0 fully saturated rings. The van der Waals surface area contributed by atoms with Crippen molar-refractivity contribution in [2.75, 3.05) is 0 Å². The average Bonchev–Trinajstić information content (AvgIpc) is 3.81. The van der Waals surface area contributed by atoms with Crippen molar-refractivity contribution >= 4 is 91.7 Å². The molecule has 0 N–H and O–H groups in total. The van der Waals surface area contributed by atoms with Gasteiger partial charge in [-0.05, 0) is 65.0 Å². The molecule has 47 heavy (non-hydrogen) atoms. The molecule has 5 heteroatoms. The summed E-state index contributed by atoms with van der Waals surface area (Å²) in [5.41, 5.74) is 8.56. The lowest BCUT2D eigenvalue weighted by Gasteiger charge is -2.15. The molecule has 0 aliphatic carbocycles. The second-order valence-corrected chi connectivity index (χ2v) is 13.3. The van der Waals surface area contributed by atoms with Gasteiger partial charge in [-0.15, -0.1) is 11.3 Å². The number of fused-ring (bicyclic) bond motifs is 13.